The van der Waals surface area contributed by atoms with Crippen LogP contribution in [0.2, 0.25) is 0 Å². The van der Waals surface area contributed by atoms with Gasteiger partial charge in [-0.3, -0.25) is 9.59 Å². The highest BCUT2D eigenvalue weighted by Crippen LogP contribution is 2.36. The molecule has 0 amide bonds. The third-order valence-corrected chi connectivity index (χ3v) is 6.50. The first-order valence-corrected chi connectivity index (χ1v) is 12.9. The van der Waals surface area contributed by atoms with Crippen LogP contribution in [0.5, 0.6) is 0 Å². The summed E-state index contributed by atoms with van der Waals surface area (Å²) >= 11 is 0. The zero-order chi connectivity index (χ0) is 27.8. The largest absolute Gasteiger partial charge is 0.465 e. The molecule has 8 nitrogen and oxygen atoms in total. The number of hydrogen-bond acceptors (Lipinski definition) is 8. The average molecular weight is 538 g/mol. The van der Waals surface area contributed by atoms with E-state index in [9.17, 15) is 18.4 Å². The maximum atomic E-state index is 15.3. The third kappa shape index (κ3) is 6.80. The summed E-state index contributed by atoms with van der Waals surface area (Å²) < 4.78 is 60.2. The molecule has 1 aromatic heterocycles. The van der Waals surface area contributed by atoms with Crippen LogP contribution in [0, 0.1) is 29.3 Å². The van der Waals surface area contributed by atoms with Crippen molar-refractivity contribution in [2.75, 3.05) is 37.8 Å². The van der Waals surface area contributed by atoms with E-state index in [0.717, 1.165) is 25.1 Å². The zero-order valence-electron chi connectivity index (χ0n) is 22.1. The molecular weight excluding hydrogens is 503 g/mol. The van der Waals surface area contributed by atoms with Crippen LogP contribution in [0.3, 0.4) is 0 Å². The van der Waals surface area contributed by atoms with Crippen molar-refractivity contribution in [2.45, 2.75) is 52.6 Å². The molecule has 2 atom stereocenters. The van der Waals surface area contributed by atoms with Crippen LogP contribution in [-0.4, -0.2) is 60.9 Å². The first-order valence-electron chi connectivity index (χ1n) is 12.9. The summed E-state index contributed by atoms with van der Waals surface area (Å²) in [6.45, 7) is 7.96. The van der Waals surface area contributed by atoms with Crippen molar-refractivity contribution in [3.8, 4) is 0 Å². The van der Waals surface area contributed by atoms with Gasteiger partial charge >= 0.3 is 11.9 Å². The lowest BCUT2D eigenvalue weighted by Gasteiger charge is -2.33. The maximum Gasteiger partial charge on any atom is 0.323 e. The van der Waals surface area contributed by atoms with E-state index in [2.05, 4.69) is 16.9 Å². The summed E-state index contributed by atoms with van der Waals surface area (Å²) in [7, 11) is 0. The van der Waals surface area contributed by atoms with Gasteiger partial charge in [0.2, 0.25) is 0 Å². The van der Waals surface area contributed by atoms with Crippen LogP contribution in [-0.2, 0) is 23.8 Å². The Hall–Kier alpha value is -3.21. The summed E-state index contributed by atoms with van der Waals surface area (Å²) in [5.41, 5.74) is -0.131. The molecule has 1 aliphatic heterocycles. The summed E-state index contributed by atoms with van der Waals surface area (Å²) in [5, 5.41) is 0. The summed E-state index contributed by atoms with van der Waals surface area (Å²) in [6.07, 6.45) is 1.24. The van der Waals surface area contributed by atoms with Gasteiger partial charge in [-0.15, -0.1) is 0 Å². The SMILES string of the molecule is CCOC(=O)C(C(=O)OCC)C(OCC)C(c1ncc(F)c(N2CCC(C)CC2)n1)c1ccc(F)cc1F. The molecule has 0 spiro atoms. The second kappa shape index (κ2) is 13.5. The first-order chi connectivity index (χ1) is 18.2. The monoisotopic (exact) mass is 537 g/mol. The van der Waals surface area contributed by atoms with Gasteiger partial charge in [-0.25, -0.2) is 23.1 Å². The van der Waals surface area contributed by atoms with E-state index >= 15 is 4.39 Å². The average Bonchev–Trinajstić information content (AvgIpc) is 2.87. The van der Waals surface area contributed by atoms with Crippen molar-refractivity contribution in [2.24, 2.45) is 11.8 Å². The predicted octanol–water partition coefficient (Wildman–Crippen LogP) is 4.41. The number of halogens is 3. The molecule has 1 aliphatic rings. The Balaban J connectivity index is 2.20. The number of carbonyl (C=O) groups is 2. The van der Waals surface area contributed by atoms with Gasteiger partial charge in [0.25, 0.3) is 0 Å². The molecule has 208 valence electrons. The number of rotatable bonds is 11. The molecule has 38 heavy (non-hydrogen) atoms. The lowest BCUT2D eigenvalue weighted by atomic mass is 9.84. The second-order valence-electron chi connectivity index (χ2n) is 9.11. The summed E-state index contributed by atoms with van der Waals surface area (Å²) in [6, 6.07) is 2.88. The van der Waals surface area contributed by atoms with Crippen LogP contribution >= 0.6 is 0 Å². The van der Waals surface area contributed by atoms with E-state index < -0.39 is 47.3 Å². The lowest BCUT2D eigenvalue weighted by molar-refractivity contribution is -0.169. The number of anilines is 1. The van der Waals surface area contributed by atoms with E-state index in [-0.39, 0.29) is 37.0 Å². The Labute approximate surface area is 220 Å². The molecule has 2 unspecified atom stereocenters. The molecular formula is C27H34F3N3O5. The zero-order valence-corrected chi connectivity index (χ0v) is 22.1. The summed E-state index contributed by atoms with van der Waals surface area (Å²) in [5.74, 6) is -6.88. The number of ether oxygens (including phenoxy) is 3. The van der Waals surface area contributed by atoms with E-state index in [0.29, 0.717) is 25.1 Å². The van der Waals surface area contributed by atoms with Gasteiger partial charge in [0.05, 0.1) is 31.4 Å². The van der Waals surface area contributed by atoms with E-state index in [4.69, 9.17) is 14.2 Å². The van der Waals surface area contributed by atoms with Gasteiger partial charge in [-0.05, 0) is 45.6 Å². The topological polar surface area (TPSA) is 90.9 Å². The van der Waals surface area contributed by atoms with Crippen molar-refractivity contribution in [1.29, 1.82) is 0 Å². The molecule has 0 aliphatic carbocycles. The number of aromatic nitrogens is 2. The highest BCUT2D eigenvalue weighted by atomic mass is 19.1. The molecule has 2 aromatic rings. The minimum absolute atomic E-state index is 0.0113. The number of esters is 2. The predicted molar refractivity (Wildman–Crippen MR) is 133 cm³/mol. The Kier molecular flexibility index (Phi) is 10.5. The molecule has 0 bridgehead atoms. The second-order valence-corrected chi connectivity index (χ2v) is 9.11. The minimum Gasteiger partial charge on any atom is -0.465 e. The van der Waals surface area contributed by atoms with Crippen LogP contribution < -0.4 is 4.90 Å². The van der Waals surface area contributed by atoms with Gasteiger partial charge in [0.1, 0.15) is 17.5 Å². The molecule has 0 N–H and O–H groups in total. The summed E-state index contributed by atoms with van der Waals surface area (Å²) in [4.78, 5) is 36.4. The van der Waals surface area contributed by atoms with E-state index in [1.807, 2.05) is 0 Å². The third-order valence-electron chi connectivity index (χ3n) is 6.50. The van der Waals surface area contributed by atoms with Crippen LogP contribution in [0.4, 0.5) is 19.0 Å². The normalized spacial score (nSPS) is 15.8. The Morgan fingerprint density at radius 3 is 2.18 bits per heavy atom. The molecule has 11 heteroatoms. The van der Waals surface area contributed by atoms with Gasteiger partial charge < -0.3 is 19.1 Å². The number of carbonyl (C=O) groups excluding carboxylic acids is 2. The quantitative estimate of drug-likeness (QED) is 0.308. The molecule has 0 radical (unpaired) electrons. The van der Waals surface area contributed by atoms with E-state index in [1.54, 1.807) is 25.7 Å². The maximum absolute atomic E-state index is 15.3. The van der Waals surface area contributed by atoms with Crippen LogP contribution in [0.1, 0.15) is 57.8 Å². The van der Waals surface area contributed by atoms with Crippen molar-refractivity contribution < 1.29 is 37.0 Å². The number of hydrogen-bond donors (Lipinski definition) is 0. The van der Waals surface area contributed by atoms with Crippen LogP contribution in [0.15, 0.2) is 24.4 Å². The number of piperidine rings is 1. The Bertz CT molecular complexity index is 1090. The van der Waals surface area contributed by atoms with Gasteiger partial charge in [-0.2, -0.15) is 0 Å². The standard InChI is InChI=1S/C27H34F3N3O5/c1-5-36-23(22(26(34)37-6-2)27(35)38-7-3)21(18-9-8-17(28)14-19(18)29)24-31-15-20(30)25(32-24)33-12-10-16(4)11-13-33/h8-9,14-16,21-23H,5-7,10-13H2,1-4H3. The number of nitrogens with zero attached hydrogens (tertiary/aromatic N) is 3. The minimum atomic E-state index is -1.64. The van der Waals surface area contributed by atoms with Gasteiger partial charge in [-0.1, -0.05) is 13.0 Å². The molecule has 1 saturated heterocycles. The molecule has 3 rings (SSSR count). The smallest absolute Gasteiger partial charge is 0.323 e. The number of benzene rings is 1. The van der Waals surface area contributed by atoms with Crippen molar-refractivity contribution in [1.82, 2.24) is 9.97 Å². The molecule has 1 fully saturated rings. The molecule has 0 saturated carbocycles. The van der Waals surface area contributed by atoms with Crippen molar-refractivity contribution in [3.05, 3.63) is 53.2 Å². The van der Waals surface area contributed by atoms with Crippen molar-refractivity contribution >= 4 is 17.8 Å². The molecule has 2 heterocycles. The van der Waals surface area contributed by atoms with Crippen molar-refractivity contribution in [3.63, 3.8) is 0 Å². The highest BCUT2D eigenvalue weighted by molar-refractivity contribution is 5.96. The Morgan fingerprint density at radius 2 is 1.63 bits per heavy atom. The van der Waals surface area contributed by atoms with Gasteiger partial charge in [0.15, 0.2) is 17.6 Å². The molecule has 1 aromatic carbocycles. The van der Waals surface area contributed by atoms with Crippen LogP contribution in [0.25, 0.3) is 0 Å². The Morgan fingerprint density at radius 1 is 1.00 bits per heavy atom. The fraction of sp³-hybridized carbons (Fsp3) is 0.556. The lowest BCUT2D eigenvalue weighted by Crippen LogP contribution is -2.44. The fourth-order valence-corrected chi connectivity index (χ4v) is 4.59. The van der Waals surface area contributed by atoms with E-state index in [1.165, 1.54) is 6.07 Å². The highest BCUT2D eigenvalue weighted by Gasteiger charge is 2.46. The first kappa shape index (κ1) is 29.3. The fourth-order valence-electron chi connectivity index (χ4n) is 4.59. The van der Waals surface area contributed by atoms with Gasteiger partial charge in [0, 0.05) is 31.3 Å².